The Morgan fingerprint density at radius 1 is 1.46 bits per heavy atom. The van der Waals surface area contributed by atoms with Crippen molar-refractivity contribution in [3.05, 3.63) is 36.5 Å². The van der Waals surface area contributed by atoms with Gasteiger partial charge in [-0.1, -0.05) is 0 Å². The first kappa shape index (κ1) is 15.8. The van der Waals surface area contributed by atoms with Gasteiger partial charge in [0.25, 0.3) is 5.91 Å². The summed E-state index contributed by atoms with van der Waals surface area (Å²) in [5.74, 6) is -0.0754. The summed E-state index contributed by atoms with van der Waals surface area (Å²) in [5.41, 5.74) is 0.587. The maximum absolute atomic E-state index is 12.3. The summed E-state index contributed by atoms with van der Waals surface area (Å²) in [7, 11) is 1.75. The Labute approximate surface area is 137 Å². The van der Waals surface area contributed by atoms with Crippen molar-refractivity contribution in [2.75, 3.05) is 5.32 Å². The van der Waals surface area contributed by atoms with Crippen molar-refractivity contribution in [2.24, 2.45) is 7.05 Å². The molecule has 9 heteroatoms. The number of nitrogens with one attached hydrogen (secondary N) is 2. The molecule has 1 atom stereocenters. The molecule has 2 aromatic heterocycles. The number of amides is 4. The summed E-state index contributed by atoms with van der Waals surface area (Å²) in [6, 6.07) is 2.20. The molecule has 24 heavy (non-hydrogen) atoms. The number of carbonyl (C=O) groups excluding carboxylic acids is 3. The average molecular weight is 331 g/mol. The Balaban J connectivity index is 1.51. The lowest BCUT2D eigenvalue weighted by molar-refractivity contribution is -0.128. The number of nitrogens with zero attached hydrogens (tertiary/aromatic N) is 3. The highest BCUT2D eigenvalue weighted by Gasteiger charge is 2.38. The van der Waals surface area contributed by atoms with E-state index in [4.69, 9.17) is 4.42 Å². The van der Waals surface area contributed by atoms with E-state index >= 15 is 0 Å². The van der Waals surface area contributed by atoms with Gasteiger partial charge in [0.05, 0.1) is 24.7 Å². The Kier molecular flexibility index (Phi) is 4.32. The van der Waals surface area contributed by atoms with Crippen LogP contribution in [0.25, 0.3) is 0 Å². The molecule has 9 nitrogen and oxygen atoms in total. The number of urea groups is 1. The number of furan rings is 1. The van der Waals surface area contributed by atoms with Crippen LogP contribution in [0.15, 0.2) is 35.2 Å². The highest BCUT2D eigenvalue weighted by molar-refractivity contribution is 6.04. The third kappa shape index (κ3) is 3.45. The summed E-state index contributed by atoms with van der Waals surface area (Å²) < 4.78 is 6.72. The van der Waals surface area contributed by atoms with E-state index in [1.807, 2.05) is 0 Å². The van der Waals surface area contributed by atoms with Crippen LogP contribution in [0.4, 0.5) is 10.5 Å². The molecule has 0 bridgehead atoms. The summed E-state index contributed by atoms with van der Waals surface area (Å²) >= 11 is 0. The lowest BCUT2D eigenvalue weighted by Crippen LogP contribution is -2.31. The molecule has 0 saturated carbocycles. The van der Waals surface area contributed by atoms with Crippen LogP contribution < -0.4 is 10.6 Å². The predicted molar refractivity (Wildman–Crippen MR) is 82.6 cm³/mol. The molecule has 1 fully saturated rings. The first-order chi connectivity index (χ1) is 11.5. The Morgan fingerprint density at radius 3 is 2.96 bits per heavy atom. The smallest absolute Gasteiger partial charge is 0.325 e. The number of anilines is 1. The Bertz CT molecular complexity index is 752. The molecule has 1 aliphatic rings. The molecule has 3 heterocycles. The number of hydrogen-bond acceptors (Lipinski definition) is 5. The summed E-state index contributed by atoms with van der Waals surface area (Å²) in [6.07, 6.45) is 5.02. The molecule has 126 valence electrons. The summed E-state index contributed by atoms with van der Waals surface area (Å²) in [6.45, 7) is 0.0794. The van der Waals surface area contributed by atoms with Crippen molar-refractivity contribution in [3.8, 4) is 0 Å². The molecule has 1 saturated heterocycles. The SMILES string of the molecule is Cn1cc(NC(=O)CC[C@@H]2NC(=O)N(Cc3ccco3)C2=O)cn1. The molecular weight excluding hydrogens is 314 g/mol. The molecule has 0 aromatic carbocycles. The van der Waals surface area contributed by atoms with E-state index in [0.29, 0.717) is 11.4 Å². The normalized spacial score (nSPS) is 17.2. The van der Waals surface area contributed by atoms with Crippen molar-refractivity contribution in [1.82, 2.24) is 20.0 Å². The first-order valence-corrected chi connectivity index (χ1v) is 7.45. The third-order valence-corrected chi connectivity index (χ3v) is 3.65. The number of carbonyl (C=O) groups is 3. The average Bonchev–Trinajstić information content (AvgIpc) is 3.24. The number of aromatic nitrogens is 2. The number of aryl methyl sites for hydroxylation is 1. The van der Waals surface area contributed by atoms with Gasteiger partial charge in [-0.15, -0.1) is 0 Å². The monoisotopic (exact) mass is 331 g/mol. The van der Waals surface area contributed by atoms with Crippen molar-refractivity contribution >= 4 is 23.5 Å². The standard InChI is InChI=1S/C15H17N5O4/c1-19-8-10(7-16-19)17-13(21)5-4-12-14(22)20(15(23)18-12)9-11-3-2-6-24-11/h2-3,6-8,12H,4-5,9H2,1H3,(H,17,21)(H,18,23)/t12-/m0/s1. The Hall–Kier alpha value is -3.10. The molecular formula is C15H17N5O4. The minimum Gasteiger partial charge on any atom is -0.467 e. The second-order valence-corrected chi connectivity index (χ2v) is 5.50. The molecule has 0 radical (unpaired) electrons. The summed E-state index contributed by atoms with van der Waals surface area (Å²) in [5, 5.41) is 9.22. The molecule has 4 amide bonds. The van der Waals surface area contributed by atoms with E-state index in [2.05, 4.69) is 15.7 Å². The van der Waals surface area contributed by atoms with Crippen molar-refractivity contribution in [3.63, 3.8) is 0 Å². The van der Waals surface area contributed by atoms with Crippen LogP contribution >= 0.6 is 0 Å². The third-order valence-electron chi connectivity index (χ3n) is 3.65. The van der Waals surface area contributed by atoms with Crippen molar-refractivity contribution < 1.29 is 18.8 Å². The Morgan fingerprint density at radius 2 is 2.29 bits per heavy atom. The zero-order valence-corrected chi connectivity index (χ0v) is 13.1. The minimum atomic E-state index is -0.702. The van der Waals surface area contributed by atoms with Gasteiger partial charge in [-0.3, -0.25) is 19.2 Å². The maximum atomic E-state index is 12.3. The topological polar surface area (TPSA) is 109 Å². The lowest BCUT2D eigenvalue weighted by atomic mass is 10.1. The molecule has 3 rings (SSSR count). The highest BCUT2D eigenvalue weighted by atomic mass is 16.3. The fourth-order valence-corrected chi connectivity index (χ4v) is 2.47. The second kappa shape index (κ2) is 6.57. The molecule has 2 N–H and O–H groups in total. The maximum Gasteiger partial charge on any atom is 0.325 e. The van der Waals surface area contributed by atoms with Crippen LogP contribution in [0.1, 0.15) is 18.6 Å². The van der Waals surface area contributed by atoms with Gasteiger partial charge in [-0.2, -0.15) is 5.10 Å². The van der Waals surface area contributed by atoms with Crippen LogP contribution in [0.5, 0.6) is 0 Å². The van der Waals surface area contributed by atoms with Gasteiger partial charge in [0.15, 0.2) is 0 Å². The fourth-order valence-electron chi connectivity index (χ4n) is 2.47. The van der Waals surface area contributed by atoms with E-state index in [1.165, 1.54) is 12.5 Å². The minimum absolute atomic E-state index is 0.0794. The second-order valence-electron chi connectivity index (χ2n) is 5.50. The van der Waals surface area contributed by atoms with Crippen LogP contribution in [0.2, 0.25) is 0 Å². The van der Waals surface area contributed by atoms with Crippen molar-refractivity contribution in [1.29, 1.82) is 0 Å². The largest absolute Gasteiger partial charge is 0.467 e. The van der Waals surface area contributed by atoms with Gasteiger partial charge in [0.1, 0.15) is 11.8 Å². The van der Waals surface area contributed by atoms with E-state index < -0.39 is 12.1 Å². The number of rotatable bonds is 6. The van der Waals surface area contributed by atoms with Gasteiger partial charge in [-0.05, 0) is 18.6 Å². The van der Waals surface area contributed by atoms with Gasteiger partial charge >= 0.3 is 6.03 Å². The fraction of sp³-hybridized carbons (Fsp3) is 0.333. The molecule has 0 spiro atoms. The zero-order chi connectivity index (χ0) is 17.1. The van der Waals surface area contributed by atoms with E-state index in [1.54, 1.807) is 30.1 Å². The lowest BCUT2D eigenvalue weighted by Gasteiger charge is -2.11. The number of hydrogen-bond donors (Lipinski definition) is 2. The van der Waals surface area contributed by atoms with Crippen molar-refractivity contribution in [2.45, 2.75) is 25.4 Å². The molecule has 1 aliphatic heterocycles. The van der Waals surface area contributed by atoms with Gasteiger partial charge < -0.3 is 15.1 Å². The van der Waals surface area contributed by atoms with Gasteiger partial charge in [0, 0.05) is 19.7 Å². The van der Waals surface area contributed by atoms with Crippen LogP contribution in [-0.2, 0) is 23.2 Å². The molecule has 0 aliphatic carbocycles. The highest BCUT2D eigenvalue weighted by Crippen LogP contribution is 2.16. The van der Waals surface area contributed by atoms with E-state index in [-0.39, 0.29) is 31.2 Å². The summed E-state index contributed by atoms with van der Waals surface area (Å²) in [4.78, 5) is 37.2. The number of imide groups is 1. The van der Waals surface area contributed by atoms with E-state index in [9.17, 15) is 14.4 Å². The molecule has 2 aromatic rings. The zero-order valence-electron chi connectivity index (χ0n) is 13.1. The van der Waals surface area contributed by atoms with Gasteiger partial charge in [0.2, 0.25) is 5.91 Å². The van der Waals surface area contributed by atoms with Crippen LogP contribution in [0, 0.1) is 0 Å². The van der Waals surface area contributed by atoms with Gasteiger partial charge in [-0.25, -0.2) is 4.79 Å². The van der Waals surface area contributed by atoms with Crippen LogP contribution in [0.3, 0.4) is 0 Å². The molecule has 0 unspecified atom stereocenters. The quantitative estimate of drug-likeness (QED) is 0.763. The van der Waals surface area contributed by atoms with Crippen LogP contribution in [-0.4, -0.2) is 38.6 Å². The predicted octanol–water partition coefficient (Wildman–Crippen LogP) is 0.852. The first-order valence-electron chi connectivity index (χ1n) is 7.45. The van der Waals surface area contributed by atoms with E-state index in [0.717, 1.165) is 4.90 Å².